The summed E-state index contributed by atoms with van der Waals surface area (Å²) in [7, 11) is 0. The average molecular weight is 407 g/mol. The molecule has 3 aromatic rings. The highest BCUT2D eigenvalue weighted by atomic mass is 16.6. The van der Waals surface area contributed by atoms with Gasteiger partial charge in [0.15, 0.2) is 0 Å². The number of cyclic esters (lactones) is 1. The molecule has 0 radical (unpaired) electrons. The minimum atomic E-state index is -0.443. The fourth-order valence-corrected chi connectivity index (χ4v) is 7.03. The summed E-state index contributed by atoms with van der Waals surface area (Å²) in [6, 6.07) is 28.2. The van der Waals surface area contributed by atoms with E-state index in [0.29, 0.717) is 6.42 Å². The van der Waals surface area contributed by atoms with Gasteiger partial charge in [-0.3, -0.25) is 4.79 Å². The van der Waals surface area contributed by atoms with Crippen molar-refractivity contribution in [3.8, 4) is 0 Å². The zero-order chi connectivity index (χ0) is 21.2. The minimum Gasteiger partial charge on any atom is -0.461 e. The highest BCUT2D eigenvalue weighted by Gasteiger charge is 2.68. The van der Waals surface area contributed by atoms with Crippen molar-refractivity contribution >= 4 is 5.97 Å². The zero-order valence-corrected chi connectivity index (χ0v) is 17.7. The SMILES string of the molecule is C=CC[C@@H]1OC(=O)[C@@H]2[C@H]1C1c3ccccc3C2([C@H](C)c2ccccc2)c2ccccc21. The summed E-state index contributed by atoms with van der Waals surface area (Å²) in [6.07, 6.45) is 2.47. The monoisotopic (exact) mass is 406 g/mol. The molecule has 1 heterocycles. The lowest BCUT2D eigenvalue weighted by atomic mass is 9.43. The Balaban J connectivity index is 1.72. The van der Waals surface area contributed by atoms with Crippen molar-refractivity contribution < 1.29 is 9.53 Å². The van der Waals surface area contributed by atoms with Crippen LogP contribution in [0.15, 0.2) is 91.5 Å². The number of hydrogen-bond acceptors (Lipinski definition) is 2. The molecule has 3 aliphatic carbocycles. The number of carbonyl (C=O) groups is 1. The maximum atomic E-state index is 13.6. The third-order valence-corrected chi connectivity index (χ3v) is 8.08. The van der Waals surface area contributed by atoms with Gasteiger partial charge in [0.2, 0.25) is 0 Å². The van der Waals surface area contributed by atoms with Crippen molar-refractivity contribution in [2.45, 2.75) is 36.7 Å². The molecule has 2 heteroatoms. The van der Waals surface area contributed by atoms with Crippen molar-refractivity contribution in [1.82, 2.24) is 0 Å². The van der Waals surface area contributed by atoms with Crippen molar-refractivity contribution in [1.29, 1.82) is 0 Å². The predicted molar refractivity (Wildman–Crippen MR) is 122 cm³/mol. The molecule has 2 bridgehead atoms. The van der Waals surface area contributed by atoms with Crippen LogP contribution in [0.2, 0.25) is 0 Å². The molecule has 1 fully saturated rings. The Morgan fingerprint density at radius 3 is 2.13 bits per heavy atom. The Kier molecular flexibility index (Phi) is 4.02. The summed E-state index contributed by atoms with van der Waals surface area (Å²) in [5.74, 6) is 0.191. The van der Waals surface area contributed by atoms with Crippen LogP contribution in [0.4, 0.5) is 0 Å². The van der Waals surface area contributed by atoms with Crippen LogP contribution in [0.3, 0.4) is 0 Å². The first-order valence-electron chi connectivity index (χ1n) is 11.2. The lowest BCUT2D eigenvalue weighted by Gasteiger charge is -2.57. The van der Waals surface area contributed by atoms with Crippen LogP contribution in [0.25, 0.3) is 0 Å². The number of ether oxygens (including phenoxy) is 1. The van der Waals surface area contributed by atoms with E-state index < -0.39 is 5.41 Å². The maximum Gasteiger partial charge on any atom is 0.310 e. The van der Waals surface area contributed by atoms with E-state index in [1.165, 1.54) is 27.8 Å². The van der Waals surface area contributed by atoms with E-state index in [0.717, 1.165) is 0 Å². The number of hydrogen-bond donors (Lipinski definition) is 0. The summed E-state index contributed by atoms with van der Waals surface area (Å²) in [5, 5.41) is 0. The van der Waals surface area contributed by atoms with Gasteiger partial charge in [-0.15, -0.1) is 6.58 Å². The van der Waals surface area contributed by atoms with Crippen LogP contribution in [0.1, 0.15) is 53.0 Å². The first-order valence-corrected chi connectivity index (χ1v) is 11.2. The zero-order valence-electron chi connectivity index (χ0n) is 17.7. The third kappa shape index (κ3) is 2.25. The molecule has 0 spiro atoms. The topological polar surface area (TPSA) is 26.3 Å². The number of benzene rings is 3. The van der Waals surface area contributed by atoms with Gasteiger partial charge in [0, 0.05) is 23.7 Å². The van der Waals surface area contributed by atoms with Gasteiger partial charge >= 0.3 is 5.97 Å². The fraction of sp³-hybridized carbons (Fsp3) is 0.276. The Hall–Kier alpha value is -3.13. The molecule has 31 heavy (non-hydrogen) atoms. The summed E-state index contributed by atoms with van der Waals surface area (Å²) < 4.78 is 6.09. The normalized spacial score (nSPS) is 30.7. The largest absolute Gasteiger partial charge is 0.461 e. The molecule has 0 saturated carbocycles. The van der Waals surface area contributed by atoms with Gasteiger partial charge in [0.1, 0.15) is 6.10 Å². The molecule has 154 valence electrons. The molecule has 4 aliphatic rings. The van der Waals surface area contributed by atoms with Crippen LogP contribution in [0.5, 0.6) is 0 Å². The smallest absolute Gasteiger partial charge is 0.310 e. The van der Waals surface area contributed by atoms with E-state index in [1.807, 2.05) is 6.08 Å². The standard InChI is InChI=1S/C29H26O2/c1-3-11-24-26-25-20-14-7-9-16-22(20)29(27(26)28(30)31-24,23-17-10-8-15-21(23)25)18(2)19-12-5-4-6-13-19/h3-10,12-18,24-27H,1,11H2,2H3/t18-,24+,25?,26-,27+,29?/m1/s1. The van der Waals surface area contributed by atoms with Gasteiger partial charge < -0.3 is 4.74 Å². The Morgan fingerprint density at radius 2 is 1.52 bits per heavy atom. The van der Waals surface area contributed by atoms with Gasteiger partial charge in [-0.2, -0.15) is 0 Å². The number of carbonyl (C=O) groups excluding carboxylic acids is 1. The van der Waals surface area contributed by atoms with Crippen LogP contribution in [0, 0.1) is 11.8 Å². The van der Waals surface area contributed by atoms with Crippen molar-refractivity contribution in [3.05, 3.63) is 119 Å². The maximum absolute atomic E-state index is 13.6. The van der Waals surface area contributed by atoms with E-state index in [4.69, 9.17) is 4.74 Å². The number of rotatable bonds is 4. The Bertz CT molecular complexity index is 1130. The molecule has 0 unspecified atom stereocenters. The van der Waals surface area contributed by atoms with Gasteiger partial charge in [-0.05, 0) is 33.7 Å². The first-order chi connectivity index (χ1) is 15.2. The van der Waals surface area contributed by atoms with Crippen LogP contribution < -0.4 is 0 Å². The summed E-state index contributed by atoms with van der Waals surface area (Å²) in [4.78, 5) is 13.6. The molecule has 0 N–H and O–H groups in total. The summed E-state index contributed by atoms with van der Waals surface area (Å²) >= 11 is 0. The van der Waals surface area contributed by atoms with Crippen molar-refractivity contribution in [3.63, 3.8) is 0 Å². The Morgan fingerprint density at radius 1 is 0.935 bits per heavy atom. The summed E-state index contributed by atoms with van der Waals surface area (Å²) in [6.45, 7) is 6.24. The molecule has 3 aromatic carbocycles. The van der Waals surface area contributed by atoms with Gasteiger partial charge in [-0.25, -0.2) is 0 Å². The first kappa shape index (κ1) is 18.6. The van der Waals surface area contributed by atoms with E-state index in [2.05, 4.69) is 92.4 Å². The van der Waals surface area contributed by atoms with Crippen molar-refractivity contribution in [2.75, 3.05) is 0 Å². The van der Waals surface area contributed by atoms with E-state index in [1.54, 1.807) is 0 Å². The van der Waals surface area contributed by atoms with Crippen LogP contribution in [-0.4, -0.2) is 12.1 Å². The highest BCUT2D eigenvalue weighted by Crippen LogP contribution is 2.68. The molecule has 7 rings (SSSR count). The van der Waals surface area contributed by atoms with E-state index >= 15 is 0 Å². The fourth-order valence-electron chi connectivity index (χ4n) is 7.03. The molecule has 0 amide bonds. The minimum absolute atomic E-state index is 0.0476. The molecule has 1 saturated heterocycles. The highest BCUT2D eigenvalue weighted by molar-refractivity contribution is 5.83. The molecule has 4 atom stereocenters. The number of esters is 1. The second-order valence-electron chi connectivity index (χ2n) is 9.21. The molecule has 1 aliphatic heterocycles. The average Bonchev–Trinajstić information content (AvgIpc) is 3.16. The van der Waals surface area contributed by atoms with Gasteiger partial charge in [-0.1, -0.05) is 91.9 Å². The van der Waals surface area contributed by atoms with E-state index in [-0.39, 0.29) is 35.7 Å². The summed E-state index contributed by atoms with van der Waals surface area (Å²) in [5.41, 5.74) is 6.13. The third-order valence-electron chi connectivity index (χ3n) is 8.08. The van der Waals surface area contributed by atoms with E-state index in [9.17, 15) is 4.79 Å². The molecule has 2 nitrogen and oxygen atoms in total. The predicted octanol–water partition coefficient (Wildman–Crippen LogP) is 5.97. The van der Waals surface area contributed by atoms with Crippen LogP contribution >= 0.6 is 0 Å². The second-order valence-corrected chi connectivity index (χ2v) is 9.21. The molecule has 0 aromatic heterocycles. The van der Waals surface area contributed by atoms with Gasteiger partial charge in [0.05, 0.1) is 5.92 Å². The molecular weight excluding hydrogens is 380 g/mol. The lowest BCUT2D eigenvalue weighted by molar-refractivity contribution is -0.145. The quantitative estimate of drug-likeness (QED) is 0.394. The lowest BCUT2D eigenvalue weighted by Crippen LogP contribution is -2.56. The van der Waals surface area contributed by atoms with Crippen molar-refractivity contribution in [2.24, 2.45) is 11.8 Å². The second kappa shape index (κ2) is 6.68. The molecular formula is C29H26O2. The van der Waals surface area contributed by atoms with Crippen LogP contribution in [-0.2, 0) is 14.9 Å². The van der Waals surface area contributed by atoms with Gasteiger partial charge in [0.25, 0.3) is 0 Å². The Labute approximate surface area is 183 Å².